The molecule has 2 N–H and O–H groups in total. The van der Waals surface area contributed by atoms with Crippen LogP contribution in [0.5, 0.6) is 5.75 Å². The van der Waals surface area contributed by atoms with Gasteiger partial charge < -0.3 is 15.4 Å². The molecule has 0 radical (unpaired) electrons. The number of amides is 2. The van der Waals surface area contributed by atoms with Gasteiger partial charge in [0, 0.05) is 25.6 Å². The van der Waals surface area contributed by atoms with Crippen LogP contribution in [0.3, 0.4) is 0 Å². The summed E-state index contributed by atoms with van der Waals surface area (Å²) in [4.78, 5) is 23.0. The maximum atomic E-state index is 12.1. The number of benzene rings is 2. The van der Waals surface area contributed by atoms with E-state index in [9.17, 15) is 9.59 Å². The number of ether oxygens (including phenoxy) is 1. The van der Waals surface area contributed by atoms with E-state index in [1.54, 1.807) is 19.2 Å². The van der Waals surface area contributed by atoms with Gasteiger partial charge in [0.2, 0.25) is 5.91 Å². The first kappa shape index (κ1) is 16.5. The Kier molecular flexibility index (Phi) is 5.74. The fourth-order valence-electron chi connectivity index (χ4n) is 2.07. The summed E-state index contributed by atoms with van der Waals surface area (Å²) in [5.41, 5.74) is 2.50. The lowest BCUT2D eigenvalue weighted by molar-refractivity contribution is -0.119. The average molecular weight is 312 g/mol. The third-order valence-corrected chi connectivity index (χ3v) is 3.34. The normalized spacial score (nSPS) is 10.0. The molecular weight excluding hydrogens is 292 g/mol. The quantitative estimate of drug-likeness (QED) is 0.860. The van der Waals surface area contributed by atoms with Crippen molar-refractivity contribution >= 4 is 11.8 Å². The Morgan fingerprint density at radius 3 is 2.30 bits per heavy atom. The highest BCUT2D eigenvalue weighted by molar-refractivity contribution is 5.94. The maximum Gasteiger partial charge on any atom is 0.251 e. The molecule has 23 heavy (non-hydrogen) atoms. The van der Waals surface area contributed by atoms with E-state index in [0.29, 0.717) is 18.7 Å². The molecule has 0 fully saturated rings. The third kappa shape index (κ3) is 5.14. The van der Waals surface area contributed by atoms with Crippen molar-refractivity contribution in [3.05, 3.63) is 65.2 Å². The van der Waals surface area contributed by atoms with Crippen LogP contribution in [0.2, 0.25) is 0 Å². The number of carbonyl (C=O) groups excluding carboxylic acids is 2. The van der Waals surface area contributed by atoms with E-state index in [2.05, 4.69) is 10.6 Å². The highest BCUT2D eigenvalue weighted by Crippen LogP contribution is 2.12. The van der Waals surface area contributed by atoms with Crippen LogP contribution in [0.1, 0.15) is 28.4 Å². The van der Waals surface area contributed by atoms with Crippen molar-refractivity contribution in [1.29, 1.82) is 0 Å². The van der Waals surface area contributed by atoms with Gasteiger partial charge in [-0.1, -0.05) is 24.3 Å². The molecule has 0 saturated carbocycles. The van der Waals surface area contributed by atoms with Crippen molar-refractivity contribution in [2.75, 3.05) is 7.11 Å². The van der Waals surface area contributed by atoms with Gasteiger partial charge in [-0.05, 0) is 35.4 Å². The maximum absolute atomic E-state index is 12.1. The lowest BCUT2D eigenvalue weighted by Crippen LogP contribution is -2.23. The summed E-state index contributed by atoms with van der Waals surface area (Å²) in [5, 5.41) is 5.59. The van der Waals surface area contributed by atoms with Gasteiger partial charge in [-0.2, -0.15) is 0 Å². The molecule has 120 valence electrons. The summed E-state index contributed by atoms with van der Waals surface area (Å²) in [6, 6.07) is 14.7. The summed E-state index contributed by atoms with van der Waals surface area (Å²) in [6.07, 6.45) is 0. The Labute approximate surface area is 135 Å². The molecule has 5 heteroatoms. The van der Waals surface area contributed by atoms with Gasteiger partial charge in [-0.3, -0.25) is 9.59 Å². The summed E-state index contributed by atoms with van der Waals surface area (Å²) in [5.74, 6) is 0.545. The average Bonchev–Trinajstić information content (AvgIpc) is 2.58. The topological polar surface area (TPSA) is 67.4 Å². The minimum absolute atomic E-state index is 0.0786. The van der Waals surface area contributed by atoms with Crippen molar-refractivity contribution in [1.82, 2.24) is 10.6 Å². The van der Waals surface area contributed by atoms with Crippen LogP contribution in [0.15, 0.2) is 48.5 Å². The number of nitrogens with one attached hydrogen (secondary N) is 2. The Morgan fingerprint density at radius 1 is 0.957 bits per heavy atom. The zero-order valence-corrected chi connectivity index (χ0v) is 13.3. The summed E-state index contributed by atoms with van der Waals surface area (Å²) < 4.78 is 5.16. The number of methoxy groups -OCH3 is 1. The molecule has 0 unspecified atom stereocenters. The fourth-order valence-corrected chi connectivity index (χ4v) is 2.07. The predicted octanol–water partition coefficient (Wildman–Crippen LogP) is 2.26. The Balaban J connectivity index is 1.91. The van der Waals surface area contributed by atoms with Crippen LogP contribution >= 0.6 is 0 Å². The number of hydrogen-bond acceptors (Lipinski definition) is 3. The van der Waals surface area contributed by atoms with Crippen LogP contribution in [0.25, 0.3) is 0 Å². The van der Waals surface area contributed by atoms with Crippen molar-refractivity contribution in [2.24, 2.45) is 0 Å². The zero-order valence-electron chi connectivity index (χ0n) is 13.3. The molecule has 0 heterocycles. The standard InChI is InChI=1S/C18H20N2O3/c1-13(21)19-11-14-6-8-16(9-7-14)18(22)20-12-15-4-3-5-17(10-15)23-2/h3-10H,11-12H2,1-2H3,(H,19,21)(H,20,22). The molecule has 0 aliphatic rings. The number of carbonyl (C=O) groups is 2. The van der Waals surface area contributed by atoms with Crippen LogP contribution in [-0.4, -0.2) is 18.9 Å². The molecule has 2 aromatic carbocycles. The van der Waals surface area contributed by atoms with Crippen LogP contribution in [0.4, 0.5) is 0 Å². The number of hydrogen-bond donors (Lipinski definition) is 2. The van der Waals surface area contributed by atoms with E-state index in [-0.39, 0.29) is 11.8 Å². The van der Waals surface area contributed by atoms with Crippen molar-refractivity contribution in [2.45, 2.75) is 20.0 Å². The Morgan fingerprint density at radius 2 is 1.65 bits per heavy atom. The molecule has 2 amide bonds. The summed E-state index contributed by atoms with van der Waals surface area (Å²) >= 11 is 0. The lowest BCUT2D eigenvalue weighted by atomic mass is 10.1. The van der Waals surface area contributed by atoms with Gasteiger partial charge >= 0.3 is 0 Å². The molecule has 0 aliphatic carbocycles. The van der Waals surface area contributed by atoms with E-state index in [1.165, 1.54) is 6.92 Å². The van der Waals surface area contributed by atoms with Gasteiger partial charge in [-0.15, -0.1) is 0 Å². The molecule has 0 saturated heterocycles. The van der Waals surface area contributed by atoms with Crippen LogP contribution in [0, 0.1) is 0 Å². The summed E-state index contributed by atoms with van der Waals surface area (Å²) in [6.45, 7) is 2.37. The van der Waals surface area contributed by atoms with Crippen LogP contribution in [-0.2, 0) is 17.9 Å². The van der Waals surface area contributed by atoms with Gasteiger partial charge in [0.1, 0.15) is 5.75 Å². The third-order valence-electron chi connectivity index (χ3n) is 3.34. The molecule has 0 bridgehead atoms. The second kappa shape index (κ2) is 7.98. The first-order valence-corrected chi connectivity index (χ1v) is 7.33. The minimum Gasteiger partial charge on any atom is -0.497 e. The Hall–Kier alpha value is -2.82. The fraction of sp³-hybridized carbons (Fsp3) is 0.222. The molecule has 2 rings (SSSR count). The van der Waals surface area contributed by atoms with E-state index < -0.39 is 0 Å². The van der Waals surface area contributed by atoms with E-state index >= 15 is 0 Å². The predicted molar refractivity (Wildman–Crippen MR) is 88.1 cm³/mol. The molecular formula is C18H20N2O3. The highest BCUT2D eigenvalue weighted by Gasteiger charge is 2.06. The van der Waals surface area contributed by atoms with Gasteiger partial charge in [-0.25, -0.2) is 0 Å². The van der Waals surface area contributed by atoms with Gasteiger partial charge in [0.25, 0.3) is 5.91 Å². The molecule has 0 spiro atoms. The molecule has 0 atom stereocenters. The summed E-state index contributed by atoms with van der Waals surface area (Å²) in [7, 11) is 1.61. The Bertz CT molecular complexity index is 681. The van der Waals surface area contributed by atoms with E-state index in [1.807, 2.05) is 36.4 Å². The highest BCUT2D eigenvalue weighted by atomic mass is 16.5. The van der Waals surface area contributed by atoms with Crippen molar-refractivity contribution in [3.63, 3.8) is 0 Å². The molecule has 0 aromatic heterocycles. The zero-order chi connectivity index (χ0) is 16.7. The molecule has 2 aromatic rings. The van der Waals surface area contributed by atoms with Crippen molar-refractivity contribution in [3.8, 4) is 5.75 Å². The first-order valence-electron chi connectivity index (χ1n) is 7.33. The second-order valence-electron chi connectivity index (χ2n) is 5.14. The number of rotatable bonds is 6. The smallest absolute Gasteiger partial charge is 0.251 e. The van der Waals surface area contributed by atoms with Crippen molar-refractivity contribution < 1.29 is 14.3 Å². The minimum atomic E-state index is -0.140. The van der Waals surface area contributed by atoms with E-state index in [0.717, 1.165) is 16.9 Å². The van der Waals surface area contributed by atoms with Gasteiger partial charge in [0.15, 0.2) is 0 Å². The van der Waals surface area contributed by atoms with Gasteiger partial charge in [0.05, 0.1) is 7.11 Å². The SMILES string of the molecule is COc1cccc(CNC(=O)c2ccc(CNC(C)=O)cc2)c1. The second-order valence-corrected chi connectivity index (χ2v) is 5.14. The first-order chi connectivity index (χ1) is 11.1. The monoisotopic (exact) mass is 312 g/mol. The van der Waals surface area contributed by atoms with Crippen LogP contribution < -0.4 is 15.4 Å². The largest absolute Gasteiger partial charge is 0.497 e. The molecule has 5 nitrogen and oxygen atoms in total. The molecule has 0 aliphatic heterocycles. The van der Waals surface area contributed by atoms with E-state index in [4.69, 9.17) is 4.74 Å². The lowest BCUT2D eigenvalue weighted by Gasteiger charge is -2.08.